The van der Waals surface area contributed by atoms with Crippen LogP contribution in [-0.4, -0.2) is 13.0 Å². The molecule has 0 spiro atoms. The average molecular weight is 292 g/mol. The molecule has 0 aliphatic rings. The van der Waals surface area contributed by atoms with Crippen LogP contribution in [0.25, 0.3) is 0 Å². The van der Waals surface area contributed by atoms with Crippen molar-refractivity contribution in [1.29, 1.82) is 0 Å². The molecule has 2 aromatic carbocycles. The quantitative estimate of drug-likeness (QED) is 0.756. The number of carbonyl (C=O) groups is 1. The summed E-state index contributed by atoms with van der Waals surface area (Å²) in [6.45, 7) is 0. The van der Waals surface area contributed by atoms with Crippen molar-refractivity contribution in [1.82, 2.24) is 0 Å². The number of anilines is 3. The van der Waals surface area contributed by atoms with Gasteiger partial charge in [0.2, 0.25) is 0 Å². The summed E-state index contributed by atoms with van der Waals surface area (Å²) in [6, 6.07) is 10.1. The number of hydrogen-bond donors (Lipinski definition) is 3. The van der Waals surface area contributed by atoms with Gasteiger partial charge in [0, 0.05) is 17.4 Å². The van der Waals surface area contributed by atoms with E-state index in [1.807, 2.05) is 0 Å². The number of nitrogens with two attached hydrogens (primary N) is 2. The molecule has 6 heteroatoms. The molecule has 0 saturated carbocycles. The summed E-state index contributed by atoms with van der Waals surface area (Å²) < 4.78 is 5.14. The number of rotatable bonds is 4. The standard InChI is InChI=1S/C14H14ClN3O2/c1-20-13-7-9(3-4-11(13)15)18-12-5-2-8(16)6-10(12)14(17)19/h2-7,18H,16H2,1H3,(H2,17,19). The third-order valence-electron chi connectivity index (χ3n) is 2.74. The van der Waals surface area contributed by atoms with Crippen molar-refractivity contribution in [2.24, 2.45) is 5.73 Å². The largest absolute Gasteiger partial charge is 0.495 e. The van der Waals surface area contributed by atoms with Gasteiger partial charge in [-0.15, -0.1) is 0 Å². The summed E-state index contributed by atoms with van der Waals surface area (Å²) >= 11 is 5.96. The fourth-order valence-corrected chi connectivity index (χ4v) is 1.96. The second-order valence-electron chi connectivity index (χ2n) is 4.14. The van der Waals surface area contributed by atoms with E-state index in [9.17, 15) is 4.79 Å². The minimum atomic E-state index is -0.555. The van der Waals surface area contributed by atoms with Crippen molar-refractivity contribution < 1.29 is 9.53 Å². The van der Waals surface area contributed by atoms with Gasteiger partial charge in [-0.1, -0.05) is 11.6 Å². The van der Waals surface area contributed by atoms with Crippen LogP contribution in [0.2, 0.25) is 5.02 Å². The molecule has 20 heavy (non-hydrogen) atoms. The highest BCUT2D eigenvalue weighted by Crippen LogP contribution is 2.30. The molecule has 104 valence electrons. The number of nitrogens with one attached hydrogen (secondary N) is 1. The first kappa shape index (κ1) is 14.0. The van der Waals surface area contributed by atoms with Gasteiger partial charge < -0.3 is 21.5 Å². The Morgan fingerprint density at radius 2 is 2.00 bits per heavy atom. The van der Waals surface area contributed by atoms with Crippen LogP contribution < -0.4 is 21.5 Å². The number of hydrogen-bond acceptors (Lipinski definition) is 4. The Morgan fingerprint density at radius 1 is 1.25 bits per heavy atom. The monoisotopic (exact) mass is 291 g/mol. The van der Waals surface area contributed by atoms with Crippen LogP contribution >= 0.6 is 11.6 Å². The number of halogens is 1. The van der Waals surface area contributed by atoms with E-state index in [0.717, 1.165) is 5.69 Å². The SMILES string of the molecule is COc1cc(Nc2ccc(N)cc2C(N)=O)ccc1Cl. The number of amides is 1. The molecule has 1 amide bonds. The van der Waals surface area contributed by atoms with Crippen LogP contribution in [0.3, 0.4) is 0 Å². The van der Waals surface area contributed by atoms with Crippen molar-refractivity contribution >= 4 is 34.6 Å². The van der Waals surface area contributed by atoms with Crippen molar-refractivity contribution in [3.8, 4) is 5.75 Å². The predicted molar refractivity (Wildman–Crippen MR) is 80.7 cm³/mol. The molecule has 2 aromatic rings. The summed E-state index contributed by atoms with van der Waals surface area (Å²) in [7, 11) is 1.53. The molecule has 0 aliphatic heterocycles. The molecule has 0 aliphatic carbocycles. The van der Waals surface area contributed by atoms with E-state index in [1.54, 1.807) is 30.3 Å². The molecule has 0 saturated heterocycles. The third kappa shape index (κ3) is 2.95. The summed E-state index contributed by atoms with van der Waals surface area (Å²) in [5.41, 5.74) is 13.1. The van der Waals surface area contributed by atoms with E-state index in [1.165, 1.54) is 13.2 Å². The Balaban J connectivity index is 2.37. The number of methoxy groups -OCH3 is 1. The number of carbonyl (C=O) groups excluding carboxylic acids is 1. The smallest absolute Gasteiger partial charge is 0.250 e. The summed E-state index contributed by atoms with van der Waals surface area (Å²) in [6.07, 6.45) is 0. The maximum absolute atomic E-state index is 11.4. The zero-order chi connectivity index (χ0) is 14.7. The number of benzene rings is 2. The van der Waals surface area contributed by atoms with Gasteiger partial charge in [-0.3, -0.25) is 4.79 Å². The van der Waals surface area contributed by atoms with Crippen LogP contribution in [0, 0.1) is 0 Å². The van der Waals surface area contributed by atoms with Gasteiger partial charge in [0.1, 0.15) is 5.75 Å². The van der Waals surface area contributed by atoms with E-state index in [2.05, 4.69) is 5.32 Å². The zero-order valence-electron chi connectivity index (χ0n) is 10.8. The van der Waals surface area contributed by atoms with Gasteiger partial charge in [-0.05, 0) is 30.3 Å². The highest BCUT2D eigenvalue weighted by molar-refractivity contribution is 6.32. The first-order chi connectivity index (χ1) is 9.51. The molecule has 0 atom stereocenters. The molecular weight excluding hydrogens is 278 g/mol. The maximum atomic E-state index is 11.4. The van der Waals surface area contributed by atoms with E-state index < -0.39 is 5.91 Å². The van der Waals surface area contributed by atoms with Gasteiger partial charge >= 0.3 is 0 Å². The van der Waals surface area contributed by atoms with Gasteiger partial charge in [0.25, 0.3) is 5.91 Å². The average Bonchev–Trinajstić information content (AvgIpc) is 2.42. The summed E-state index contributed by atoms with van der Waals surface area (Å²) in [4.78, 5) is 11.4. The zero-order valence-corrected chi connectivity index (χ0v) is 11.6. The molecule has 0 radical (unpaired) electrons. The van der Waals surface area contributed by atoms with Crippen LogP contribution in [0.1, 0.15) is 10.4 Å². The minimum Gasteiger partial charge on any atom is -0.495 e. The van der Waals surface area contributed by atoms with Gasteiger partial charge in [0.15, 0.2) is 0 Å². The number of ether oxygens (including phenoxy) is 1. The lowest BCUT2D eigenvalue weighted by Crippen LogP contribution is -2.13. The lowest BCUT2D eigenvalue weighted by molar-refractivity contribution is 0.100. The summed E-state index contributed by atoms with van der Waals surface area (Å²) in [5.74, 6) is -0.0199. The Labute approximate surface area is 121 Å². The Bertz CT molecular complexity index is 659. The maximum Gasteiger partial charge on any atom is 0.250 e. The molecule has 0 fully saturated rings. The lowest BCUT2D eigenvalue weighted by atomic mass is 10.1. The second kappa shape index (κ2) is 5.71. The van der Waals surface area contributed by atoms with E-state index in [0.29, 0.717) is 27.7 Å². The van der Waals surface area contributed by atoms with Crippen LogP contribution in [0.4, 0.5) is 17.1 Å². The number of primary amides is 1. The topological polar surface area (TPSA) is 90.4 Å². The lowest BCUT2D eigenvalue weighted by Gasteiger charge is -2.12. The van der Waals surface area contributed by atoms with E-state index >= 15 is 0 Å². The molecular formula is C14H14ClN3O2. The molecule has 2 rings (SSSR count). The van der Waals surface area contributed by atoms with Gasteiger partial charge in [-0.2, -0.15) is 0 Å². The van der Waals surface area contributed by atoms with Gasteiger partial charge in [-0.25, -0.2) is 0 Å². The number of nitrogen functional groups attached to an aromatic ring is 1. The van der Waals surface area contributed by atoms with E-state index in [4.69, 9.17) is 27.8 Å². The van der Waals surface area contributed by atoms with Crippen molar-refractivity contribution in [2.75, 3.05) is 18.2 Å². The summed E-state index contributed by atoms with van der Waals surface area (Å²) in [5, 5.41) is 3.59. The van der Waals surface area contributed by atoms with E-state index in [-0.39, 0.29) is 0 Å². The molecule has 0 aromatic heterocycles. The van der Waals surface area contributed by atoms with Crippen molar-refractivity contribution in [3.63, 3.8) is 0 Å². The minimum absolute atomic E-state index is 0.318. The van der Waals surface area contributed by atoms with Gasteiger partial charge in [0.05, 0.1) is 23.4 Å². The molecule has 0 unspecified atom stereocenters. The molecule has 0 bridgehead atoms. The predicted octanol–water partition coefficient (Wildman–Crippen LogP) is 2.77. The molecule has 0 heterocycles. The highest BCUT2D eigenvalue weighted by Gasteiger charge is 2.10. The fraction of sp³-hybridized carbons (Fsp3) is 0.0714. The Kier molecular flexibility index (Phi) is 4.00. The first-order valence-corrected chi connectivity index (χ1v) is 6.19. The second-order valence-corrected chi connectivity index (χ2v) is 4.55. The Hall–Kier alpha value is -2.40. The highest BCUT2D eigenvalue weighted by atomic mass is 35.5. The van der Waals surface area contributed by atoms with Crippen LogP contribution in [0.5, 0.6) is 5.75 Å². The van der Waals surface area contributed by atoms with Crippen LogP contribution in [0.15, 0.2) is 36.4 Å². The Morgan fingerprint density at radius 3 is 2.65 bits per heavy atom. The van der Waals surface area contributed by atoms with Crippen LogP contribution in [-0.2, 0) is 0 Å². The third-order valence-corrected chi connectivity index (χ3v) is 3.05. The molecule has 5 N–H and O–H groups in total. The molecule has 5 nitrogen and oxygen atoms in total. The normalized spacial score (nSPS) is 10.1. The fourth-order valence-electron chi connectivity index (χ4n) is 1.77. The first-order valence-electron chi connectivity index (χ1n) is 5.81. The van der Waals surface area contributed by atoms with Crippen molar-refractivity contribution in [2.45, 2.75) is 0 Å². The van der Waals surface area contributed by atoms with Crippen molar-refractivity contribution in [3.05, 3.63) is 47.0 Å².